The van der Waals surface area contributed by atoms with Gasteiger partial charge in [-0.2, -0.15) is 0 Å². The number of aryl methyl sites for hydroxylation is 1. The zero-order chi connectivity index (χ0) is 11.0. The summed E-state index contributed by atoms with van der Waals surface area (Å²) in [6.45, 7) is 2.17. The molecular formula is C12H15NO2. The van der Waals surface area contributed by atoms with Crippen LogP contribution in [0.2, 0.25) is 0 Å². The van der Waals surface area contributed by atoms with Crippen molar-refractivity contribution >= 4 is 5.97 Å². The van der Waals surface area contributed by atoms with E-state index in [1.165, 1.54) is 11.1 Å². The number of aliphatic carboxylic acids is 1. The van der Waals surface area contributed by atoms with Gasteiger partial charge in [0.05, 0.1) is 0 Å². The Balaban J connectivity index is 2.37. The molecule has 2 rings (SSSR count). The molecule has 3 nitrogen and oxygen atoms in total. The van der Waals surface area contributed by atoms with Gasteiger partial charge in [0.1, 0.15) is 6.04 Å². The van der Waals surface area contributed by atoms with Crippen LogP contribution in [0.25, 0.3) is 0 Å². The number of benzene rings is 1. The maximum atomic E-state index is 10.8. The topological polar surface area (TPSA) is 63.3 Å². The number of fused-ring (bicyclic) bond motifs is 1. The van der Waals surface area contributed by atoms with Gasteiger partial charge in [-0.05, 0) is 35.4 Å². The Labute approximate surface area is 88.9 Å². The SMILES string of the molecule is CC1CCc2ccc(C(N)C(=O)O)cc21. The number of carboxylic acid groups (broad SMARTS) is 1. The monoisotopic (exact) mass is 205 g/mol. The molecule has 2 unspecified atom stereocenters. The van der Waals surface area contributed by atoms with Gasteiger partial charge in [-0.1, -0.05) is 25.1 Å². The number of nitrogens with two attached hydrogens (primary N) is 1. The van der Waals surface area contributed by atoms with Crippen LogP contribution in [0.4, 0.5) is 0 Å². The lowest BCUT2D eigenvalue weighted by atomic mass is 9.98. The molecule has 0 fully saturated rings. The van der Waals surface area contributed by atoms with Crippen molar-refractivity contribution in [1.82, 2.24) is 0 Å². The van der Waals surface area contributed by atoms with Crippen LogP contribution in [0.5, 0.6) is 0 Å². The zero-order valence-electron chi connectivity index (χ0n) is 8.73. The molecule has 15 heavy (non-hydrogen) atoms. The highest BCUT2D eigenvalue weighted by Crippen LogP contribution is 2.33. The lowest BCUT2D eigenvalue weighted by Gasteiger charge is -2.10. The van der Waals surface area contributed by atoms with Crippen LogP contribution in [0, 0.1) is 0 Å². The molecule has 3 heteroatoms. The van der Waals surface area contributed by atoms with Crippen molar-refractivity contribution < 1.29 is 9.90 Å². The summed E-state index contributed by atoms with van der Waals surface area (Å²) >= 11 is 0. The molecule has 80 valence electrons. The van der Waals surface area contributed by atoms with Gasteiger partial charge in [-0.25, -0.2) is 0 Å². The molecule has 1 aliphatic rings. The molecule has 0 heterocycles. The highest BCUT2D eigenvalue weighted by Gasteiger charge is 2.21. The standard InChI is InChI=1S/C12H15NO2/c1-7-2-3-8-4-5-9(6-10(7)8)11(13)12(14)15/h4-7,11H,2-3,13H2,1H3,(H,14,15). The van der Waals surface area contributed by atoms with Crippen molar-refractivity contribution in [2.75, 3.05) is 0 Å². The van der Waals surface area contributed by atoms with Crippen molar-refractivity contribution in [1.29, 1.82) is 0 Å². The van der Waals surface area contributed by atoms with E-state index in [2.05, 4.69) is 6.92 Å². The van der Waals surface area contributed by atoms with Gasteiger partial charge in [0.15, 0.2) is 0 Å². The molecule has 0 bridgehead atoms. The molecule has 3 N–H and O–H groups in total. The molecular weight excluding hydrogens is 190 g/mol. The van der Waals surface area contributed by atoms with Gasteiger partial charge < -0.3 is 10.8 Å². The van der Waals surface area contributed by atoms with Crippen LogP contribution in [0.1, 0.15) is 42.0 Å². The van der Waals surface area contributed by atoms with E-state index in [4.69, 9.17) is 10.8 Å². The predicted octanol–water partition coefficient (Wildman–Crippen LogP) is 1.82. The maximum absolute atomic E-state index is 10.8. The highest BCUT2D eigenvalue weighted by molar-refractivity contribution is 5.75. The normalized spacial score (nSPS) is 21.1. The number of carbonyl (C=O) groups is 1. The van der Waals surface area contributed by atoms with Gasteiger partial charge >= 0.3 is 5.97 Å². The molecule has 0 saturated carbocycles. The summed E-state index contributed by atoms with van der Waals surface area (Å²) < 4.78 is 0. The first-order chi connectivity index (χ1) is 7.09. The van der Waals surface area contributed by atoms with Crippen molar-refractivity contribution in [2.24, 2.45) is 5.73 Å². The Hall–Kier alpha value is -1.35. The summed E-state index contributed by atoms with van der Waals surface area (Å²) in [5, 5.41) is 8.82. The summed E-state index contributed by atoms with van der Waals surface area (Å²) in [6, 6.07) is 4.89. The third kappa shape index (κ3) is 1.75. The first-order valence-corrected chi connectivity index (χ1v) is 5.20. The van der Waals surface area contributed by atoms with E-state index in [1.54, 1.807) is 0 Å². The average molecular weight is 205 g/mol. The molecule has 0 amide bonds. The second kappa shape index (κ2) is 3.66. The Morgan fingerprint density at radius 2 is 2.33 bits per heavy atom. The van der Waals surface area contributed by atoms with Crippen molar-refractivity contribution in [2.45, 2.75) is 31.7 Å². The fourth-order valence-electron chi connectivity index (χ4n) is 2.16. The van der Waals surface area contributed by atoms with E-state index >= 15 is 0 Å². The third-order valence-electron chi connectivity index (χ3n) is 3.17. The van der Waals surface area contributed by atoms with Gasteiger partial charge in [-0.15, -0.1) is 0 Å². The fourth-order valence-corrected chi connectivity index (χ4v) is 2.16. The van der Waals surface area contributed by atoms with Gasteiger partial charge in [0.2, 0.25) is 0 Å². The van der Waals surface area contributed by atoms with E-state index in [0.29, 0.717) is 11.5 Å². The van der Waals surface area contributed by atoms with Gasteiger partial charge in [-0.3, -0.25) is 4.79 Å². The second-order valence-corrected chi connectivity index (χ2v) is 4.21. The van der Waals surface area contributed by atoms with Gasteiger partial charge in [0, 0.05) is 0 Å². The minimum absolute atomic E-state index is 0.529. The summed E-state index contributed by atoms with van der Waals surface area (Å²) in [5.74, 6) is -0.443. The lowest BCUT2D eigenvalue weighted by molar-refractivity contribution is -0.138. The minimum Gasteiger partial charge on any atom is -0.480 e. The predicted molar refractivity (Wildman–Crippen MR) is 57.7 cm³/mol. The van der Waals surface area contributed by atoms with Crippen LogP contribution < -0.4 is 5.73 Å². The molecule has 0 aliphatic heterocycles. The van der Waals surface area contributed by atoms with Crippen LogP contribution in [-0.2, 0) is 11.2 Å². The van der Waals surface area contributed by atoms with Crippen molar-refractivity contribution in [3.8, 4) is 0 Å². The van der Waals surface area contributed by atoms with Crippen molar-refractivity contribution in [3.05, 3.63) is 34.9 Å². The van der Waals surface area contributed by atoms with Crippen LogP contribution in [0.15, 0.2) is 18.2 Å². The Morgan fingerprint density at radius 1 is 1.60 bits per heavy atom. The first kappa shape index (κ1) is 10.2. The van der Waals surface area contributed by atoms with E-state index in [0.717, 1.165) is 12.8 Å². The average Bonchev–Trinajstić information content (AvgIpc) is 2.59. The van der Waals surface area contributed by atoms with E-state index < -0.39 is 12.0 Å². The zero-order valence-corrected chi connectivity index (χ0v) is 8.73. The summed E-state index contributed by atoms with van der Waals surface area (Å²) in [7, 11) is 0. The third-order valence-corrected chi connectivity index (χ3v) is 3.17. The number of rotatable bonds is 2. The summed E-state index contributed by atoms with van der Waals surface area (Å²) in [6.07, 6.45) is 2.25. The van der Waals surface area contributed by atoms with Crippen LogP contribution in [-0.4, -0.2) is 11.1 Å². The van der Waals surface area contributed by atoms with E-state index in [9.17, 15) is 4.79 Å². The molecule has 0 aromatic heterocycles. The minimum atomic E-state index is -0.972. The van der Waals surface area contributed by atoms with Crippen LogP contribution >= 0.6 is 0 Å². The molecule has 0 radical (unpaired) electrons. The van der Waals surface area contributed by atoms with Crippen molar-refractivity contribution in [3.63, 3.8) is 0 Å². The molecule has 0 spiro atoms. The first-order valence-electron chi connectivity index (χ1n) is 5.20. The largest absolute Gasteiger partial charge is 0.480 e. The summed E-state index contributed by atoms with van der Waals surface area (Å²) in [4.78, 5) is 10.8. The molecule has 2 atom stereocenters. The molecule has 1 aliphatic carbocycles. The maximum Gasteiger partial charge on any atom is 0.325 e. The molecule has 1 aromatic carbocycles. The van der Waals surface area contributed by atoms with Crippen LogP contribution in [0.3, 0.4) is 0 Å². The van der Waals surface area contributed by atoms with E-state index in [-0.39, 0.29) is 0 Å². The number of hydrogen-bond donors (Lipinski definition) is 2. The number of carboxylic acids is 1. The smallest absolute Gasteiger partial charge is 0.325 e. The molecule has 1 aromatic rings. The van der Waals surface area contributed by atoms with E-state index in [1.807, 2.05) is 18.2 Å². The summed E-state index contributed by atoms with van der Waals surface area (Å²) in [5.41, 5.74) is 8.89. The fraction of sp³-hybridized carbons (Fsp3) is 0.417. The quantitative estimate of drug-likeness (QED) is 0.774. The lowest BCUT2D eigenvalue weighted by Crippen LogP contribution is -2.20. The Bertz CT molecular complexity index is 401. The second-order valence-electron chi connectivity index (χ2n) is 4.21. The highest BCUT2D eigenvalue weighted by atomic mass is 16.4. The van der Waals surface area contributed by atoms with Gasteiger partial charge in [0.25, 0.3) is 0 Å². The Morgan fingerprint density at radius 3 is 3.00 bits per heavy atom. The molecule has 0 saturated heterocycles. The Kier molecular flexibility index (Phi) is 2.49. The number of hydrogen-bond acceptors (Lipinski definition) is 2.